The number of rotatable bonds is 10. The van der Waals surface area contributed by atoms with Crippen molar-refractivity contribution in [3.63, 3.8) is 0 Å². The lowest BCUT2D eigenvalue weighted by Crippen LogP contribution is -2.33. The maximum absolute atomic E-state index is 11.7. The smallest absolute Gasteiger partial charge is 0.428 e. The molecule has 0 spiro atoms. The Morgan fingerprint density at radius 1 is 1.36 bits per heavy atom. The topological polar surface area (TPSA) is 79.1 Å². The van der Waals surface area contributed by atoms with E-state index in [1.54, 1.807) is 0 Å². The molecule has 1 aliphatic rings. The number of hydrogen-bond acceptors (Lipinski definition) is 7. The molecule has 126 valence electrons. The molecule has 1 heterocycles. The molecule has 0 aromatic heterocycles. The standard InChI is InChI=1S/C15H24O7/c1-7-10-14(5,6)20-13(16)18-11(4)17-12(8-2)19-15(9-3)21-22-15/h8-9,11-12H,2-3,7,10H2,1,4-6H3. The molecule has 1 saturated heterocycles. The first-order chi connectivity index (χ1) is 10.3. The molecule has 1 aliphatic heterocycles. The van der Waals surface area contributed by atoms with Gasteiger partial charge in [-0.3, -0.25) is 4.74 Å². The Balaban J connectivity index is 2.40. The lowest BCUT2D eigenvalue weighted by molar-refractivity contribution is -0.239. The van der Waals surface area contributed by atoms with Gasteiger partial charge in [0, 0.05) is 6.08 Å². The molecule has 7 nitrogen and oxygen atoms in total. The van der Waals surface area contributed by atoms with Crippen LogP contribution in [0.5, 0.6) is 0 Å². The van der Waals surface area contributed by atoms with Crippen LogP contribution in [0.2, 0.25) is 0 Å². The molecule has 2 unspecified atom stereocenters. The second-order valence-corrected chi connectivity index (χ2v) is 5.38. The average Bonchev–Trinajstić information content (AvgIpc) is 3.17. The van der Waals surface area contributed by atoms with E-state index in [2.05, 4.69) is 22.9 Å². The Morgan fingerprint density at radius 3 is 2.45 bits per heavy atom. The van der Waals surface area contributed by atoms with E-state index in [0.717, 1.165) is 12.8 Å². The molecule has 0 amide bonds. The van der Waals surface area contributed by atoms with Crippen molar-refractivity contribution in [2.75, 3.05) is 0 Å². The van der Waals surface area contributed by atoms with Gasteiger partial charge in [-0.2, -0.15) is 9.78 Å². The van der Waals surface area contributed by atoms with Crippen LogP contribution in [0.15, 0.2) is 25.3 Å². The van der Waals surface area contributed by atoms with Gasteiger partial charge in [0.1, 0.15) is 5.60 Å². The van der Waals surface area contributed by atoms with Crippen LogP contribution in [0.25, 0.3) is 0 Å². The number of carbonyl (C=O) groups is 1. The SMILES string of the molecule is C=CC(OC(C)OC(=O)OC(C)(C)CCC)OC1(C=C)OO1. The monoisotopic (exact) mass is 316 g/mol. The lowest BCUT2D eigenvalue weighted by Gasteiger charge is -2.25. The van der Waals surface area contributed by atoms with Crippen LogP contribution in [0.1, 0.15) is 40.5 Å². The molecule has 0 saturated carbocycles. The fourth-order valence-electron chi connectivity index (χ4n) is 1.74. The van der Waals surface area contributed by atoms with E-state index in [-0.39, 0.29) is 0 Å². The quantitative estimate of drug-likeness (QED) is 0.201. The van der Waals surface area contributed by atoms with Crippen LogP contribution in [0.3, 0.4) is 0 Å². The third kappa shape index (κ3) is 6.15. The molecule has 1 fully saturated rings. The van der Waals surface area contributed by atoms with Crippen molar-refractivity contribution in [1.29, 1.82) is 0 Å². The first-order valence-corrected chi connectivity index (χ1v) is 7.11. The summed E-state index contributed by atoms with van der Waals surface area (Å²) >= 11 is 0. The molecule has 1 rings (SSSR count). The highest BCUT2D eigenvalue weighted by Crippen LogP contribution is 2.33. The van der Waals surface area contributed by atoms with Gasteiger partial charge in [-0.25, -0.2) is 4.79 Å². The summed E-state index contributed by atoms with van der Waals surface area (Å²) in [5, 5.41) is 0. The van der Waals surface area contributed by atoms with E-state index in [9.17, 15) is 4.79 Å². The molecule has 0 N–H and O–H groups in total. The maximum atomic E-state index is 11.7. The molecule has 22 heavy (non-hydrogen) atoms. The Hall–Kier alpha value is -1.41. The Kier molecular flexibility index (Phi) is 6.55. The summed E-state index contributed by atoms with van der Waals surface area (Å²) in [5.74, 6) is -1.33. The summed E-state index contributed by atoms with van der Waals surface area (Å²) in [4.78, 5) is 21.0. The summed E-state index contributed by atoms with van der Waals surface area (Å²) < 4.78 is 20.9. The third-order valence-electron chi connectivity index (χ3n) is 2.77. The first-order valence-electron chi connectivity index (χ1n) is 7.11. The summed E-state index contributed by atoms with van der Waals surface area (Å²) in [6.45, 7) is 14.2. The number of hydrogen-bond donors (Lipinski definition) is 0. The zero-order valence-corrected chi connectivity index (χ0v) is 13.5. The van der Waals surface area contributed by atoms with Crippen LogP contribution in [0, 0.1) is 0 Å². The van der Waals surface area contributed by atoms with E-state index < -0.39 is 30.3 Å². The van der Waals surface area contributed by atoms with Crippen LogP contribution in [-0.4, -0.2) is 30.3 Å². The average molecular weight is 316 g/mol. The molecule has 0 radical (unpaired) electrons. The van der Waals surface area contributed by atoms with Gasteiger partial charge in [0.05, 0.1) is 0 Å². The van der Waals surface area contributed by atoms with Gasteiger partial charge >= 0.3 is 12.1 Å². The van der Waals surface area contributed by atoms with Crippen molar-refractivity contribution < 1.29 is 33.5 Å². The summed E-state index contributed by atoms with van der Waals surface area (Å²) in [6.07, 6.45) is 1.67. The second kappa shape index (κ2) is 7.73. The highest BCUT2D eigenvalue weighted by atomic mass is 17.5. The van der Waals surface area contributed by atoms with E-state index in [1.165, 1.54) is 19.1 Å². The molecule has 0 bridgehead atoms. The summed E-state index contributed by atoms with van der Waals surface area (Å²) in [5.41, 5.74) is -0.595. The molecular formula is C15H24O7. The minimum atomic E-state index is -1.33. The molecular weight excluding hydrogens is 292 g/mol. The Bertz CT molecular complexity index is 401. The van der Waals surface area contributed by atoms with Crippen LogP contribution in [-0.2, 0) is 28.7 Å². The van der Waals surface area contributed by atoms with E-state index in [1.807, 2.05) is 20.8 Å². The van der Waals surface area contributed by atoms with Gasteiger partial charge in [0.2, 0.25) is 6.29 Å². The van der Waals surface area contributed by atoms with Gasteiger partial charge in [-0.15, -0.1) is 0 Å². The third-order valence-corrected chi connectivity index (χ3v) is 2.77. The molecule has 2 atom stereocenters. The van der Waals surface area contributed by atoms with Crippen molar-refractivity contribution in [3.8, 4) is 0 Å². The first kappa shape index (κ1) is 18.6. The predicted octanol–water partition coefficient (Wildman–Crippen LogP) is 3.41. The van der Waals surface area contributed by atoms with Crippen LogP contribution >= 0.6 is 0 Å². The Morgan fingerprint density at radius 2 is 2.00 bits per heavy atom. The van der Waals surface area contributed by atoms with Crippen molar-refractivity contribution in [2.24, 2.45) is 0 Å². The van der Waals surface area contributed by atoms with Gasteiger partial charge in [-0.05, 0) is 33.3 Å². The molecule has 0 aromatic carbocycles. The highest BCUT2D eigenvalue weighted by molar-refractivity contribution is 5.60. The van der Waals surface area contributed by atoms with Crippen molar-refractivity contribution in [3.05, 3.63) is 25.3 Å². The van der Waals surface area contributed by atoms with E-state index >= 15 is 0 Å². The number of carbonyl (C=O) groups excluding carboxylic acids is 1. The summed E-state index contributed by atoms with van der Waals surface area (Å²) in [7, 11) is 0. The van der Waals surface area contributed by atoms with Crippen LogP contribution < -0.4 is 0 Å². The molecule has 0 aromatic rings. The highest BCUT2D eigenvalue weighted by Gasteiger charge is 2.50. The van der Waals surface area contributed by atoms with Gasteiger partial charge < -0.3 is 14.2 Å². The number of ether oxygens (including phenoxy) is 4. The van der Waals surface area contributed by atoms with Crippen LogP contribution in [0.4, 0.5) is 4.79 Å². The van der Waals surface area contributed by atoms with Gasteiger partial charge in [0.15, 0.2) is 6.29 Å². The Labute approximate surface area is 130 Å². The van der Waals surface area contributed by atoms with E-state index in [4.69, 9.17) is 18.9 Å². The lowest BCUT2D eigenvalue weighted by atomic mass is 10.0. The predicted molar refractivity (Wildman–Crippen MR) is 77.3 cm³/mol. The molecule has 0 aliphatic carbocycles. The molecule has 7 heteroatoms. The fraction of sp³-hybridized carbons (Fsp3) is 0.667. The van der Waals surface area contributed by atoms with E-state index in [0.29, 0.717) is 0 Å². The normalized spacial score (nSPS) is 18.9. The maximum Gasteiger partial charge on any atom is 0.511 e. The van der Waals surface area contributed by atoms with Gasteiger partial charge in [-0.1, -0.05) is 26.5 Å². The van der Waals surface area contributed by atoms with Gasteiger partial charge in [0.25, 0.3) is 0 Å². The fourth-order valence-corrected chi connectivity index (χ4v) is 1.74. The minimum absolute atomic E-state index is 0.595. The zero-order chi connectivity index (χ0) is 16.8. The van der Waals surface area contributed by atoms with Crippen molar-refractivity contribution in [2.45, 2.75) is 64.7 Å². The summed E-state index contributed by atoms with van der Waals surface area (Å²) in [6, 6.07) is 0. The van der Waals surface area contributed by atoms with Crippen molar-refractivity contribution >= 4 is 6.16 Å². The van der Waals surface area contributed by atoms with Crippen molar-refractivity contribution in [1.82, 2.24) is 0 Å². The second-order valence-electron chi connectivity index (χ2n) is 5.38. The minimum Gasteiger partial charge on any atom is -0.428 e. The zero-order valence-electron chi connectivity index (χ0n) is 13.5. The largest absolute Gasteiger partial charge is 0.511 e.